The lowest BCUT2D eigenvalue weighted by Crippen LogP contribution is -2.47. The Morgan fingerprint density at radius 2 is 2.29 bits per heavy atom. The van der Waals surface area contributed by atoms with Crippen LogP contribution < -0.4 is 10.6 Å². The molecule has 0 spiro atoms. The molecule has 0 amide bonds. The zero-order valence-corrected chi connectivity index (χ0v) is 10.9. The molecular formula is C12H18ClN3O. The zero-order valence-electron chi connectivity index (χ0n) is 10.2. The Morgan fingerprint density at radius 3 is 3.00 bits per heavy atom. The lowest BCUT2D eigenvalue weighted by Gasteiger charge is -2.37. The van der Waals surface area contributed by atoms with Crippen molar-refractivity contribution >= 4 is 17.4 Å². The van der Waals surface area contributed by atoms with Crippen molar-refractivity contribution in [3.8, 4) is 0 Å². The summed E-state index contributed by atoms with van der Waals surface area (Å²) in [7, 11) is 0. The van der Waals surface area contributed by atoms with Gasteiger partial charge in [0.25, 0.3) is 0 Å². The standard InChI is InChI=1S/C12H18ClN3O/c1-8-7-17-9(2)6-16(8)12-4-3-10(13)11(5-14)15-12/h3-4,8-9H,5-7,14H2,1-2H3. The molecule has 2 rings (SSSR count). The second kappa shape index (κ2) is 5.21. The van der Waals surface area contributed by atoms with Crippen LogP contribution in [0.3, 0.4) is 0 Å². The molecule has 1 aliphatic heterocycles. The summed E-state index contributed by atoms with van der Waals surface area (Å²) < 4.78 is 5.60. The van der Waals surface area contributed by atoms with E-state index in [-0.39, 0.29) is 6.10 Å². The van der Waals surface area contributed by atoms with Gasteiger partial charge in [0.15, 0.2) is 0 Å². The molecule has 1 aliphatic rings. The van der Waals surface area contributed by atoms with Crippen molar-refractivity contribution in [1.29, 1.82) is 0 Å². The number of nitrogens with two attached hydrogens (primary N) is 1. The van der Waals surface area contributed by atoms with Gasteiger partial charge in [-0.05, 0) is 26.0 Å². The van der Waals surface area contributed by atoms with E-state index in [1.54, 1.807) is 0 Å². The fourth-order valence-corrected chi connectivity index (χ4v) is 2.18. The van der Waals surface area contributed by atoms with Gasteiger partial charge in [0.05, 0.1) is 29.5 Å². The van der Waals surface area contributed by atoms with Crippen molar-refractivity contribution in [2.75, 3.05) is 18.1 Å². The largest absolute Gasteiger partial charge is 0.375 e. The van der Waals surface area contributed by atoms with Crippen LogP contribution in [0.2, 0.25) is 5.02 Å². The van der Waals surface area contributed by atoms with Crippen LogP contribution in [0.15, 0.2) is 12.1 Å². The number of halogens is 1. The molecule has 0 bridgehead atoms. The van der Waals surface area contributed by atoms with E-state index >= 15 is 0 Å². The van der Waals surface area contributed by atoms with Crippen LogP contribution in [-0.4, -0.2) is 30.3 Å². The van der Waals surface area contributed by atoms with Crippen molar-refractivity contribution in [2.45, 2.75) is 32.5 Å². The average molecular weight is 256 g/mol. The minimum atomic E-state index is 0.227. The van der Waals surface area contributed by atoms with Crippen molar-refractivity contribution in [2.24, 2.45) is 5.73 Å². The molecule has 1 saturated heterocycles. The quantitative estimate of drug-likeness (QED) is 0.876. The fourth-order valence-electron chi connectivity index (χ4n) is 2.00. The molecule has 0 saturated carbocycles. The maximum atomic E-state index is 6.01. The normalized spacial score (nSPS) is 25.1. The van der Waals surface area contributed by atoms with E-state index in [4.69, 9.17) is 22.1 Å². The summed E-state index contributed by atoms with van der Waals surface area (Å²) in [5.41, 5.74) is 6.37. The van der Waals surface area contributed by atoms with Gasteiger partial charge >= 0.3 is 0 Å². The Hall–Kier alpha value is -0.840. The SMILES string of the molecule is CC1CN(c2ccc(Cl)c(CN)n2)C(C)CO1. The van der Waals surface area contributed by atoms with Gasteiger partial charge in [0, 0.05) is 13.1 Å². The Labute approximate surface area is 107 Å². The average Bonchev–Trinajstić information content (AvgIpc) is 2.33. The third-order valence-corrected chi connectivity index (χ3v) is 3.34. The highest BCUT2D eigenvalue weighted by Crippen LogP contribution is 2.23. The number of anilines is 1. The molecule has 0 radical (unpaired) electrons. The van der Waals surface area contributed by atoms with E-state index in [1.807, 2.05) is 12.1 Å². The van der Waals surface area contributed by atoms with E-state index in [2.05, 4.69) is 23.7 Å². The van der Waals surface area contributed by atoms with E-state index in [9.17, 15) is 0 Å². The van der Waals surface area contributed by atoms with Gasteiger partial charge in [0.2, 0.25) is 0 Å². The van der Waals surface area contributed by atoms with Gasteiger partial charge in [-0.1, -0.05) is 11.6 Å². The third-order valence-electron chi connectivity index (χ3n) is 3.00. The molecule has 1 aromatic rings. The molecule has 4 nitrogen and oxygen atoms in total. The first-order valence-electron chi connectivity index (χ1n) is 5.85. The highest BCUT2D eigenvalue weighted by Gasteiger charge is 2.24. The smallest absolute Gasteiger partial charge is 0.129 e. The number of hydrogen-bond acceptors (Lipinski definition) is 4. The van der Waals surface area contributed by atoms with Gasteiger partial charge in [0.1, 0.15) is 5.82 Å². The highest BCUT2D eigenvalue weighted by molar-refractivity contribution is 6.31. The molecular weight excluding hydrogens is 238 g/mol. The second-order valence-corrected chi connectivity index (χ2v) is 4.85. The minimum absolute atomic E-state index is 0.227. The fraction of sp³-hybridized carbons (Fsp3) is 0.583. The monoisotopic (exact) mass is 255 g/mol. The maximum absolute atomic E-state index is 6.01. The minimum Gasteiger partial charge on any atom is -0.375 e. The number of ether oxygens (including phenoxy) is 1. The maximum Gasteiger partial charge on any atom is 0.129 e. The van der Waals surface area contributed by atoms with Gasteiger partial charge in [-0.2, -0.15) is 0 Å². The van der Waals surface area contributed by atoms with Crippen molar-refractivity contribution in [3.63, 3.8) is 0 Å². The molecule has 2 unspecified atom stereocenters. The van der Waals surface area contributed by atoms with E-state index in [1.165, 1.54) is 0 Å². The van der Waals surface area contributed by atoms with Crippen molar-refractivity contribution in [1.82, 2.24) is 4.98 Å². The molecule has 2 N–H and O–H groups in total. The first kappa shape index (κ1) is 12.6. The van der Waals surface area contributed by atoms with Crippen LogP contribution >= 0.6 is 11.6 Å². The molecule has 0 aliphatic carbocycles. The Balaban J connectivity index is 2.26. The summed E-state index contributed by atoms with van der Waals surface area (Å²) in [4.78, 5) is 6.75. The number of hydrogen-bond donors (Lipinski definition) is 1. The molecule has 1 aromatic heterocycles. The highest BCUT2D eigenvalue weighted by atomic mass is 35.5. The summed E-state index contributed by atoms with van der Waals surface area (Å²) >= 11 is 6.01. The van der Waals surface area contributed by atoms with Crippen LogP contribution in [0.5, 0.6) is 0 Å². The first-order chi connectivity index (χ1) is 8.11. The van der Waals surface area contributed by atoms with E-state index in [0.717, 1.165) is 24.7 Å². The molecule has 2 atom stereocenters. The Morgan fingerprint density at radius 1 is 1.53 bits per heavy atom. The van der Waals surface area contributed by atoms with Crippen LogP contribution in [-0.2, 0) is 11.3 Å². The van der Waals surface area contributed by atoms with Crippen LogP contribution in [0.4, 0.5) is 5.82 Å². The number of morpholine rings is 1. The summed E-state index contributed by atoms with van der Waals surface area (Å²) in [5, 5.41) is 0.630. The van der Waals surface area contributed by atoms with Crippen LogP contribution in [0, 0.1) is 0 Å². The summed E-state index contributed by atoms with van der Waals surface area (Å²) in [6, 6.07) is 4.13. The van der Waals surface area contributed by atoms with Crippen LogP contribution in [0.25, 0.3) is 0 Å². The first-order valence-corrected chi connectivity index (χ1v) is 6.23. The number of pyridine rings is 1. The van der Waals surface area contributed by atoms with Crippen molar-refractivity contribution < 1.29 is 4.74 Å². The summed E-state index contributed by atoms with van der Waals surface area (Å²) in [6.45, 7) is 6.13. The number of nitrogens with zero attached hydrogens (tertiary/aromatic N) is 2. The second-order valence-electron chi connectivity index (χ2n) is 4.45. The van der Waals surface area contributed by atoms with Gasteiger partial charge in [-0.3, -0.25) is 0 Å². The Bertz CT molecular complexity index is 399. The van der Waals surface area contributed by atoms with Crippen LogP contribution in [0.1, 0.15) is 19.5 Å². The third kappa shape index (κ3) is 2.70. The molecule has 2 heterocycles. The summed E-state index contributed by atoms with van der Waals surface area (Å²) in [5.74, 6) is 0.928. The lowest BCUT2D eigenvalue weighted by atomic mass is 10.2. The molecule has 5 heteroatoms. The molecule has 1 fully saturated rings. The summed E-state index contributed by atoms with van der Waals surface area (Å²) in [6.07, 6.45) is 0.227. The number of aromatic nitrogens is 1. The predicted octanol–water partition coefficient (Wildman–Crippen LogP) is 1.81. The molecule has 0 aromatic carbocycles. The molecule has 17 heavy (non-hydrogen) atoms. The molecule has 94 valence electrons. The zero-order chi connectivity index (χ0) is 12.4. The van der Waals surface area contributed by atoms with Crippen molar-refractivity contribution in [3.05, 3.63) is 22.8 Å². The van der Waals surface area contributed by atoms with E-state index in [0.29, 0.717) is 17.6 Å². The van der Waals surface area contributed by atoms with Gasteiger partial charge < -0.3 is 15.4 Å². The van der Waals surface area contributed by atoms with E-state index < -0.39 is 0 Å². The lowest BCUT2D eigenvalue weighted by molar-refractivity contribution is 0.0340. The topological polar surface area (TPSA) is 51.4 Å². The van der Waals surface area contributed by atoms with Gasteiger partial charge in [-0.25, -0.2) is 4.98 Å². The van der Waals surface area contributed by atoms with Gasteiger partial charge in [-0.15, -0.1) is 0 Å². The number of rotatable bonds is 2. The Kier molecular flexibility index (Phi) is 3.86. The predicted molar refractivity (Wildman–Crippen MR) is 69.4 cm³/mol.